The van der Waals surface area contributed by atoms with Gasteiger partial charge in [0.05, 0.1) is 11.6 Å². The molecule has 3 aliphatic carbocycles. The number of pyridine rings is 1. The molecular weight excluding hydrogens is 312 g/mol. The molecule has 0 saturated heterocycles. The highest BCUT2D eigenvalue weighted by atomic mass is 16.5. The van der Waals surface area contributed by atoms with Gasteiger partial charge in [-0.3, -0.25) is 9.78 Å². The summed E-state index contributed by atoms with van der Waals surface area (Å²) in [6.07, 6.45) is 9.78. The van der Waals surface area contributed by atoms with Crippen LogP contribution in [0.1, 0.15) is 44.9 Å². The van der Waals surface area contributed by atoms with Crippen molar-refractivity contribution in [3.63, 3.8) is 0 Å². The fraction of sp³-hybridized carbons (Fsp3) is 0.524. The van der Waals surface area contributed by atoms with Gasteiger partial charge >= 0.3 is 0 Å². The number of amides is 1. The van der Waals surface area contributed by atoms with E-state index in [4.69, 9.17) is 4.74 Å². The van der Waals surface area contributed by atoms with Crippen molar-refractivity contribution < 1.29 is 9.53 Å². The van der Waals surface area contributed by atoms with Crippen LogP contribution in [0.4, 0.5) is 0 Å². The van der Waals surface area contributed by atoms with Gasteiger partial charge < -0.3 is 10.1 Å². The van der Waals surface area contributed by atoms with Crippen LogP contribution in [0.3, 0.4) is 0 Å². The summed E-state index contributed by atoms with van der Waals surface area (Å²) in [7, 11) is 0. The molecule has 1 atom stereocenters. The van der Waals surface area contributed by atoms with E-state index >= 15 is 0 Å². The third-order valence-corrected chi connectivity index (χ3v) is 6.30. The molecule has 1 unspecified atom stereocenters. The second kappa shape index (κ2) is 5.72. The van der Waals surface area contributed by atoms with E-state index < -0.39 is 0 Å². The molecule has 3 fully saturated rings. The molecule has 1 spiro atoms. The van der Waals surface area contributed by atoms with Crippen LogP contribution in [-0.4, -0.2) is 23.0 Å². The predicted octanol–water partition coefficient (Wildman–Crippen LogP) is 3.84. The predicted molar refractivity (Wildman–Crippen MR) is 96.3 cm³/mol. The van der Waals surface area contributed by atoms with E-state index in [0.717, 1.165) is 48.8 Å². The monoisotopic (exact) mass is 336 g/mol. The lowest BCUT2D eigenvalue weighted by atomic mass is 9.92. The number of ether oxygens (including phenoxy) is 1. The van der Waals surface area contributed by atoms with E-state index in [0.29, 0.717) is 23.3 Å². The molecule has 1 N–H and O–H groups in total. The minimum atomic E-state index is 0.248. The molecule has 130 valence electrons. The number of rotatable bonds is 4. The molecule has 2 aromatic rings. The van der Waals surface area contributed by atoms with Gasteiger partial charge in [-0.2, -0.15) is 0 Å². The van der Waals surface area contributed by atoms with E-state index in [9.17, 15) is 4.79 Å². The zero-order valence-electron chi connectivity index (χ0n) is 14.4. The third-order valence-electron chi connectivity index (χ3n) is 6.30. The van der Waals surface area contributed by atoms with Gasteiger partial charge in [0, 0.05) is 23.5 Å². The first-order chi connectivity index (χ1) is 12.2. The largest absolute Gasteiger partial charge is 0.490 e. The fourth-order valence-corrected chi connectivity index (χ4v) is 4.38. The van der Waals surface area contributed by atoms with Gasteiger partial charge in [-0.1, -0.05) is 6.07 Å². The first-order valence-corrected chi connectivity index (χ1v) is 9.54. The molecule has 3 aliphatic rings. The quantitative estimate of drug-likeness (QED) is 0.923. The Morgan fingerprint density at radius 1 is 1.16 bits per heavy atom. The van der Waals surface area contributed by atoms with E-state index in [2.05, 4.69) is 22.4 Å². The SMILES string of the molecule is O=C(NC1CCC(Oc2ccc3ncccc3c2)CC1)C1CC12CC2. The van der Waals surface area contributed by atoms with E-state index in [1.54, 1.807) is 0 Å². The molecule has 1 heterocycles. The highest BCUT2D eigenvalue weighted by molar-refractivity contribution is 5.83. The van der Waals surface area contributed by atoms with Gasteiger partial charge in [-0.05, 0) is 74.6 Å². The molecule has 4 nitrogen and oxygen atoms in total. The number of nitrogens with one attached hydrogen (secondary N) is 1. The van der Waals surface area contributed by atoms with Crippen LogP contribution in [0.15, 0.2) is 36.5 Å². The molecule has 1 amide bonds. The van der Waals surface area contributed by atoms with Crippen molar-refractivity contribution in [3.05, 3.63) is 36.5 Å². The molecule has 0 bridgehead atoms. The number of hydrogen-bond donors (Lipinski definition) is 1. The summed E-state index contributed by atoms with van der Waals surface area (Å²) in [6, 6.07) is 10.4. The van der Waals surface area contributed by atoms with Crippen LogP contribution in [0.5, 0.6) is 5.75 Å². The van der Waals surface area contributed by atoms with Crippen LogP contribution in [0.25, 0.3) is 10.9 Å². The van der Waals surface area contributed by atoms with Gasteiger partial charge in [0.1, 0.15) is 5.75 Å². The number of fused-ring (bicyclic) bond motifs is 1. The van der Waals surface area contributed by atoms with E-state index in [1.807, 2.05) is 24.4 Å². The molecule has 0 aliphatic heterocycles. The van der Waals surface area contributed by atoms with Crippen molar-refractivity contribution in [2.45, 2.75) is 57.1 Å². The first-order valence-electron chi connectivity index (χ1n) is 9.54. The second-order valence-corrected chi connectivity index (χ2v) is 8.08. The van der Waals surface area contributed by atoms with E-state index in [1.165, 1.54) is 12.8 Å². The zero-order chi connectivity index (χ0) is 16.9. The van der Waals surface area contributed by atoms with Crippen molar-refractivity contribution in [2.75, 3.05) is 0 Å². The number of benzene rings is 1. The summed E-state index contributed by atoms with van der Waals surface area (Å²) in [4.78, 5) is 16.6. The number of hydrogen-bond acceptors (Lipinski definition) is 3. The van der Waals surface area contributed by atoms with Crippen LogP contribution in [0.2, 0.25) is 0 Å². The maximum absolute atomic E-state index is 12.3. The number of carbonyl (C=O) groups is 1. The van der Waals surface area contributed by atoms with Crippen LogP contribution < -0.4 is 10.1 Å². The average molecular weight is 336 g/mol. The Bertz CT molecular complexity index is 806. The Morgan fingerprint density at radius 3 is 2.76 bits per heavy atom. The van der Waals surface area contributed by atoms with Crippen LogP contribution in [-0.2, 0) is 4.79 Å². The van der Waals surface area contributed by atoms with Crippen molar-refractivity contribution >= 4 is 16.8 Å². The Hall–Kier alpha value is -2.10. The highest BCUT2D eigenvalue weighted by Gasteiger charge is 2.65. The van der Waals surface area contributed by atoms with Crippen LogP contribution >= 0.6 is 0 Å². The third kappa shape index (κ3) is 2.99. The summed E-state index contributed by atoms with van der Waals surface area (Å²) in [5.74, 6) is 1.55. The maximum atomic E-state index is 12.3. The summed E-state index contributed by atoms with van der Waals surface area (Å²) < 4.78 is 6.18. The minimum Gasteiger partial charge on any atom is -0.490 e. The minimum absolute atomic E-state index is 0.248. The summed E-state index contributed by atoms with van der Waals surface area (Å²) in [5.41, 5.74) is 1.45. The standard InChI is InChI=1S/C21H24N2O2/c24-20(18-13-21(18)9-10-21)23-15-3-5-16(6-4-15)25-17-7-8-19-14(12-17)2-1-11-22-19/h1-2,7-8,11-12,15-16,18H,3-6,9-10,13H2,(H,23,24). The molecule has 25 heavy (non-hydrogen) atoms. The normalized spacial score (nSPS) is 29.4. The average Bonchev–Trinajstić information content (AvgIpc) is 3.56. The van der Waals surface area contributed by atoms with Crippen molar-refractivity contribution in [2.24, 2.45) is 11.3 Å². The molecular formula is C21H24N2O2. The molecule has 5 rings (SSSR count). The Balaban J connectivity index is 1.14. The molecule has 3 saturated carbocycles. The number of nitrogens with zero attached hydrogens (tertiary/aromatic N) is 1. The van der Waals surface area contributed by atoms with Gasteiger partial charge in [-0.25, -0.2) is 0 Å². The van der Waals surface area contributed by atoms with Gasteiger partial charge in [0.2, 0.25) is 5.91 Å². The maximum Gasteiger partial charge on any atom is 0.223 e. The van der Waals surface area contributed by atoms with Crippen molar-refractivity contribution in [1.82, 2.24) is 10.3 Å². The molecule has 1 aromatic carbocycles. The lowest BCUT2D eigenvalue weighted by Crippen LogP contribution is -2.40. The number of aromatic nitrogens is 1. The second-order valence-electron chi connectivity index (χ2n) is 8.08. The summed E-state index contributed by atoms with van der Waals surface area (Å²) in [6.45, 7) is 0. The van der Waals surface area contributed by atoms with Crippen molar-refractivity contribution in [1.29, 1.82) is 0 Å². The Morgan fingerprint density at radius 2 is 2.00 bits per heavy atom. The fourth-order valence-electron chi connectivity index (χ4n) is 4.38. The first kappa shape index (κ1) is 15.2. The van der Waals surface area contributed by atoms with Gasteiger partial charge in [0.25, 0.3) is 0 Å². The highest BCUT2D eigenvalue weighted by Crippen LogP contribution is 2.70. The van der Waals surface area contributed by atoms with E-state index in [-0.39, 0.29) is 6.10 Å². The van der Waals surface area contributed by atoms with Gasteiger partial charge in [-0.15, -0.1) is 0 Å². The smallest absolute Gasteiger partial charge is 0.223 e. The zero-order valence-corrected chi connectivity index (χ0v) is 14.4. The van der Waals surface area contributed by atoms with Crippen LogP contribution in [0, 0.1) is 11.3 Å². The Kier molecular flexibility index (Phi) is 3.47. The molecule has 1 aromatic heterocycles. The summed E-state index contributed by atoms with van der Waals surface area (Å²) >= 11 is 0. The summed E-state index contributed by atoms with van der Waals surface area (Å²) in [5, 5.41) is 4.39. The van der Waals surface area contributed by atoms with Crippen molar-refractivity contribution in [3.8, 4) is 5.75 Å². The topological polar surface area (TPSA) is 51.2 Å². The molecule has 4 heteroatoms. The van der Waals surface area contributed by atoms with Gasteiger partial charge in [0.15, 0.2) is 0 Å². The lowest BCUT2D eigenvalue weighted by molar-refractivity contribution is -0.123. The Labute approximate surface area is 148 Å². The molecule has 0 radical (unpaired) electrons. The number of carbonyl (C=O) groups excluding carboxylic acids is 1. The lowest BCUT2D eigenvalue weighted by Gasteiger charge is -2.29.